The van der Waals surface area contributed by atoms with E-state index in [9.17, 15) is 8.42 Å². The molecule has 0 aromatic carbocycles. The van der Waals surface area contributed by atoms with Crippen molar-refractivity contribution in [3.05, 3.63) is 18.0 Å². The van der Waals surface area contributed by atoms with Gasteiger partial charge in [0.25, 0.3) is 0 Å². The molecule has 0 radical (unpaired) electrons. The van der Waals surface area contributed by atoms with Crippen molar-refractivity contribution < 1.29 is 8.42 Å². The second-order valence-corrected chi connectivity index (χ2v) is 7.59. The van der Waals surface area contributed by atoms with Crippen LogP contribution in [0.25, 0.3) is 0 Å². The lowest BCUT2D eigenvalue weighted by molar-refractivity contribution is 0.407. The van der Waals surface area contributed by atoms with Crippen molar-refractivity contribution in [2.24, 2.45) is 5.73 Å². The zero-order valence-electron chi connectivity index (χ0n) is 11.7. The van der Waals surface area contributed by atoms with Gasteiger partial charge in [0.15, 0.2) is 0 Å². The Morgan fingerprint density at radius 2 is 2.15 bits per heavy atom. The molecule has 112 valence electrons. The standard InChI is InChI=1S/C13H22N4O2S/c1-16-5-4-10(8-16)15-20(18,19)13-6-12(7-14)17(9-13)11-2-3-11/h6,9-11,15H,2-5,7-8,14H2,1H3. The highest BCUT2D eigenvalue weighted by Crippen LogP contribution is 2.37. The van der Waals surface area contributed by atoms with E-state index in [1.54, 1.807) is 12.3 Å². The molecular formula is C13H22N4O2S. The minimum absolute atomic E-state index is 0.00982. The first-order valence-corrected chi connectivity index (χ1v) is 8.59. The van der Waals surface area contributed by atoms with E-state index in [2.05, 4.69) is 9.62 Å². The SMILES string of the molecule is CN1CCC(NS(=O)(=O)c2cc(CN)n(C3CC3)c2)C1. The quantitative estimate of drug-likeness (QED) is 0.817. The second kappa shape index (κ2) is 5.14. The first-order chi connectivity index (χ1) is 9.49. The maximum atomic E-state index is 12.4. The summed E-state index contributed by atoms with van der Waals surface area (Å²) in [5.41, 5.74) is 6.61. The van der Waals surface area contributed by atoms with Gasteiger partial charge in [0.2, 0.25) is 10.0 Å². The van der Waals surface area contributed by atoms with E-state index in [-0.39, 0.29) is 6.04 Å². The number of nitrogens with two attached hydrogens (primary N) is 1. The van der Waals surface area contributed by atoms with Gasteiger partial charge in [-0.2, -0.15) is 0 Å². The van der Waals surface area contributed by atoms with E-state index in [1.807, 2.05) is 11.6 Å². The minimum atomic E-state index is -3.44. The Balaban J connectivity index is 1.80. The Labute approximate surface area is 120 Å². The number of sulfonamides is 1. The summed E-state index contributed by atoms with van der Waals surface area (Å²) in [6.07, 6.45) is 4.83. The van der Waals surface area contributed by atoms with E-state index in [0.29, 0.717) is 17.5 Å². The fourth-order valence-corrected chi connectivity index (χ4v) is 4.13. The van der Waals surface area contributed by atoms with Crippen molar-refractivity contribution in [2.75, 3.05) is 20.1 Å². The van der Waals surface area contributed by atoms with Crippen LogP contribution in [-0.2, 0) is 16.6 Å². The molecule has 1 aliphatic heterocycles. The molecule has 0 spiro atoms. The van der Waals surface area contributed by atoms with Crippen LogP contribution < -0.4 is 10.5 Å². The molecule has 2 heterocycles. The molecular weight excluding hydrogens is 276 g/mol. The van der Waals surface area contributed by atoms with Crippen LogP contribution in [0.1, 0.15) is 31.0 Å². The second-order valence-electron chi connectivity index (χ2n) is 5.88. The van der Waals surface area contributed by atoms with Crippen LogP contribution in [0.15, 0.2) is 17.2 Å². The van der Waals surface area contributed by atoms with Crippen molar-refractivity contribution in [2.45, 2.75) is 42.8 Å². The molecule has 1 aromatic rings. The number of likely N-dealkylation sites (tertiary alicyclic amines) is 1. The number of hydrogen-bond acceptors (Lipinski definition) is 4. The zero-order chi connectivity index (χ0) is 14.3. The Hall–Kier alpha value is -0.890. The van der Waals surface area contributed by atoms with Gasteiger partial charge in [0.1, 0.15) is 0 Å². The van der Waals surface area contributed by atoms with Crippen LogP contribution in [0.5, 0.6) is 0 Å². The smallest absolute Gasteiger partial charge is 0.242 e. The molecule has 2 aliphatic rings. The molecule has 1 saturated heterocycles. The van der Waals surface area contributed by atoms with Crippen molar-refractivity contribution in [1.82, 2.24) is 14.2 Å². The fraction of sp³-hybridized carbons (Fsp3) is 0.692. The Bertz CT molecular complexity index is 592. The van der Waals surface area contributed by atoms with Crippen LogP contribution in [0, 0.1) is 0 Å². The number of nitrogens with zero attached hydrogens (tertiary/aromatic N) is 2. The van der Waals surface area contributed by atoms with Gasteiger partial charge in [0.05, 0.1) is 4.90 Å². The average molecular weight is 298 g/mol. The molecule has 3 N–H and O–H groups in total. The first-order valence-electron chi connectivity index (χ1n) is 7.11. The third-order valence-corrected chi connectivity index (χ3v) is 5.57. The van der Waals surface area contributed by atoms with Crippen molar-refractivity contribution in [3.63, 3.8) is 0 Å². The topological polar surface area (TPSA) is 80.4 Å². The summed E-state index contributed by atoms with van der Waals surface area (Å²) in [5.74, 6) is 0. The number of hydrogen-bond donors (Lipinski definition) is 2. The number of nitrogens with one attached hydrogen (secondary N) is 1. The summed E-state index contributed by atoms with van der Waals surface area (Å²) in [6, 6.07) is 2.16. The van der Waals surface area contributed by atoms with Crippen LogP contribution in [0.2, 0.25) is 0 Å². The van der Waals surface area contributed by atoms with Gasteiger partial charge in [-0.3, -0.25) is 0 Å². The minimum Gasteiger partial charge on any atom is -0.346 e. The molecule has 2 fully saturated rings. The average Bonchev–Trinajstić information content (AvgIpc) is 3.01. The molecule has 1 atom stereocenters. The predicted molar refractivity (Wildman–Crippen MR) is 76.8 cm³/mol. The van der Waals surface area contributed by atoms with Crippen LogP contribution >= 0.6 is 0 Å². The van der Waals surface area contributed by atoms with Crippen LogP contribution in [0.4, 0.5) is 0 Å². The summed E-state index contributed by atoms with van der Waals surface area (Å²) < 4.78 is 29.7. The van der Waals surface area contributed by atoms with Gasteiger partial charge >= 0.3 is 0 Å². The summed E-state index contributed by atoms with van der Waals surface area (Å²) in [5, 5.41) is 0. The molecule has 0 amide bonds. The largest absolute Gasteiger partial charge is 0.346 e. The fourth-order valence-electron chi connectivity index (χ4n) is 2.82. The maximum Gasteiger partial charge on any atom is 0.242 e. The normalized spacial score (nSPS) is 24.4. The van der Waals surface area contributed by atoms with Crippen molar-refractivity contribution in [1.29, 1.82) is 0 Å². The van der Waals surface area contributed by atoms with E-state index < -0.39 is 10.0 Å². The van der Waals surface area contributed by atoms with Gasteiger partial charge in [-0.05, 0) is 38.9 Å². The summed E-state index contributed by atoms with van der Waals surface area (Å²) >= 11 is 0. The summed E-state index contributed by atoms with van der Waals surface area (Å²) in [6.45, 7) is 2.08. The maximum absolute atomic E-state index is 12.4. The van der Waals surface area contributed by atoms with Gasteiger partial charge in [-0.25, -0.2) is 13.1 Å². The lowest BCUT2D eigenvalue weighted by atomic mass is 10.3. The van der Waals surface area contributed by atoms with Crippen LogP contribution in [0.3, 0.4) is 0 Å². The lowest BCUT2D eigenvalue weighted by Gasteiger charge is -2.12. The van der Waals surface area contributed by atoms with Crippen LogP contribution in [-0.4, -0.2) is 44.1 Å². The Morgan fingerprint density at radius 1 is 1.40 bits per heavy atom. The van der Waals surface area contributed by atoms with Gasteiger partial charge < -0.3 is 15.2 Å². The third kappa shape index (κ3) is 2.76. The Morgan fingerprint density at radius 3 is 2.70 bits per heavy atom. The number of aromatic nitrogens is 1. The molecule has 3 rings (SSSR count). The molecule has 1 saturated carbocycles. The highest BCUT2D eigenvalue weighted by Gasteiger charge is 2.30. The number of rotatable bonds is 5. The molecule has 1 aromatic heterocycles. The van der Waals surface area contributed by atoms with Crippen molar-refractivity contribution >= 4 is 10.0 Å². The molecule has 1 aliphatic carbocycles. The third-order valence-electron chi connectivity index (χ3n) is 4.08. The molecule has 20 heavy (non-hydrogen) atoms. The summed E-state index contributed by atoms with van der Waals surface area (Å²) in [4.78, 5) is 2.48. The van der Waals surface area contributed by atoms with E-state index in [1.165, 1.54) is 0 Å². The van der Waals surface area contributed by atoms with Crippen molar-refractivity contribution in [3.8, 4) is 0 Å². The van der Waals surface area contributed by atoms with E-state index in [0.717, 1.165) is 38.0 Å². The van der Waals surface area contributed by atoms with Gasteiger partial charge in [-0.1, -0.05) is 0 Å². The van der Waals surface area contributed by atoms with E-state index >= 15 is 0 Å². The monoisotopic (exact) mass is 298 g/mol. The van der Waals surface area contributed by atoms with Gasteiger partial charge in [0, 0.05) is 37.1 Å². The first kappa shape index (κ1) is 14.1. The number of likely N-dealkylation sites (N-methyl/N-ethyl adjacent to an activating group) is 1. The molecule has 6 nitrogen and oxygen atoms in total. The van der Waals surface area contributed by atoms with E-state index in [4.69, 9.17) is 5.73 Å². The highest BCUT2D eigenvalue weighted by atomic mass is 32.2. The Kier molecular flexibility index (Phi) is 3.62. The zero-order valence-corrected chi connectivity index (χ0v) is 12.6. The predicted octanol–water partition coefficient (Wildman–Crippen LogP) is 0.264. The lowest BCUT2D eigenvalue weighted by Crippen LogP contribution is -2.36. The summed E-state index contributed by atoms with van der Waals surface area (Å²) in [7, 11) is -1.43. The molecule has 7 heteroatoms. The molecule has 0 bridgehead atoms. The highest BCUT2D eigenvalue weighted by molar-refractivity contribution is 7.89. The molecule has 1 unspecified atom stereocenters. The van der Waals surface area contributed by atoms with Gasteiger partial charge in [-0.15, -0.1) is 0 Å².